The molecular weight excluding hydrogens is 258 g/mol. The fraction of sp³-hybridized carbons (Fsp3) is 0.455. The van der Waals surface area contributed by atoms with Gasteiger partial charge in [0.1, 0.15) is 10.8 Å². The lowest BCUT2D eigenvalue weighted by molar-refractivity contribution is -0.141. The number of nitrogens with zero attached hydrogens (tertiary/aromatic N) is 2. The predicted octanol–water partition coefficient (Wildman–Crippen LogP) is 1.11. The van der Waals surface area contributed by atoms with Gasteiger partial charge in [-0.1, -0.05) is 11.6 Å². The molecule has 0 spiro atoms. The summed E-state index contributed by atoms with van der Waals surface area (Å²) in [6.07, 6.45) is 4.31. The highest BCUT2D eigenvalue weighted by molar-refractivity contribution is 6.29. The zero-order valence-corrected chi connectivity index (χ0v) is 10.2. The maximum atomic E-state index is 11.8. The fourth-order valence-corrected chi connectivity index (χ4v) is 2.12. The summed E-state index contributed by atoms with van der Waals surface area (Å²) in [5.74, 6) is -1.53. The number of carbonyl (C=O) groups is 2. The topological polar surface area (TPSA) is 92.2 Å². The van der Waals surface area contributed by atoms with E-state index in [-0.39, 0.29) is 28.7 Å². The van der Waals surface area contributed by atoms with Gasteiger partial charge in [0.05, 0.1) is 18.3 Å². The van der Waals surface area contributed by atoms with Crippen LogP contribution in [0.15, 0.2) is 12.4 Å². The summed E-state index contributed by atoms with van der Waals surface area (Å²) in [5, 5.41) is 11.8. The Hall–Kier alpha value is -1.69. The van der Waals surface area contributed by atoms with Crippen molar-refractivity contribution >= 4 is 23.5 Å². The minimum Gasteiger partial charge on any atom is -0.481 e. The van der Waals surface area contributed by atoms with Crippen LogP contribution < -0.4 is 5.32 Å². The molecule has 96 valence electrons. The van der Waals surface area contributed by atoms with Gasteiger partial charge >= 0.3 is 5.97 Å². The first-order valence-corrected chi connectivity index (χ1v) is 5.95. The van der Waals surface area contributed by atoms with Crippen molar-refractivity contribution in [1.82, 2.24) is 15.3 Å². The molecule has 0 unspecified atom stereocenters. The van der Waals surface area contributed by atoms with Crippen molar-refractivity contribution in [3.63, 3.8) is 0 Å². The van der Waals surface area contributed by atoms with E-state index < -0.39 is 5.97 Å². The highest BCUT2D eigenvalue weighted by Crippen LogP contribution is 2.25. The Morgan fingerprint density at radius 2 is 2.11 bits per heavy atom. The molecule has 1 aliphatic carbocycles. The van der Waals surface area contributed by atoms with Crippen LogP contribution in [-0.4, -0.2) is 33.0 Å². The van der Waals surface area contributed by atoms with E-state index in [0.29, 0.717) is 19.3 Å². The van der Waals surface area contributed by atoms with Crippen molar-refractivity contribution in [3.8, 4) is 0 Å². The van der Waals surface area contributed by atoms with Gasteiger partial charge in [0.2, 0.25) is 0 Å². The highest BCUT2D eigenvalue weighted by Gasteiger charge is 2.30. The number of amides is 1. The zero-order chi connectivity index (χ0) is 13.1. The molecule has 0 saturated heterocycles. The van der Waals surface area contributed by atoms with Gasteiger partial charge in [-0.3, -0.25) is 9.59 Å². The van der Waals surface area contributed by atoms with Crippen molar-refractivity contribution < 1.29 is 14.7 Å². The van der Waals surface area contributed by atoms with E-state index >= 15 is 0 Å². The Labute approximate surface area is 108 Å². The Bertz CT molecular complexity index is 463. The Balaban J connectivity index is 1.92. The molecule has 0 aromatic carbocycles. The average molecular weight is 270 g/mol. The minimum absolute atomic E-state index is 0.115. The van der Waals surface area contributed by atoms with Gasteiger partial charge in [-0.15, -0.1) is 0 Å². The normalized spacial score (nSPS) is 22.7. The third-order valence-corrected chi connectivity index (χ3v) is 3.17. The summed E-state index contributed by atoms with van der Waals surface area (Å²) in [6.45, 7) is 0. The smallest absolute Gasteiger partial charge is 0.306 e. The number of hydrogen-bond donors (Lipinski definition) is 2. The monoisotopic (exact) mass is 269 g/mol. The van der Waals surface area contributed by atoms with Crippen LogP contribution in [-0.2, 0) is 4.79 Å². The van der Waals surface area contributed by atoms with Gasteiger partial charge in [0, 0.05) is 6.04 Å². The molecule has 18 heavy (non-hydrogen) atoms. The number of carboxylic acid groups (broad SMARTS) is 1. The lowest BCUT2D eigenvalue weighted by atomic mass is 10.1. The number of carboxylic acids is 1. The van der Waals surface area contributed by atoms with Crippen molar-refractivity contribution in [3.05, 3.63) is 23.2 Å². The second-order valence-corrected chi connectivity index (χ2v) is 4.63. The number of hydrogen-bond acceptors (Lipinski definition) is 4. The van der Waals surface area contributed by atoms with Crippen LogP contribution >= 0.6 is 11.6 Å². The highest BCUT2D eigenvalue weighted by atomic mass is 35.5. The number of carbonyl (C=O) groups excluding carboxylic acids is 1. The van der Waals surface area contributed by atoms with E-state index in [1.807, 2.05) is 0 Å². The molecule has 0 aliphatic heterocycles. The van der Waals surface area contributed by atoms with Crippen LogP contribution in [0.3, 0.4) is 0 Å². The van der Waals surface area contributed by atoms with E-state index in [2.05, 4.69) is 15.3 Å². The average Bonchev–Trinajstić information content (AvgIpc) is 2.78. The number of aromatic nitrogens is 2. The third kappa shape index (κ3) is 2.95. The number of rotatable bonds is 3. The first kappa shape index (κ1) is 12.8. The molecule has 2 rings (SSSR count). The quantitative estimate of drug-likeness (QED) is 0.858. The standard InChI is InChI=1S/C11H12ClN3O3/c12-9-5-13-8(4-14-9)10(16)15-7-2-1-6(3-7)11(17)18/h4-7H,1-3H2,(H,15,16)(H,17,18)/t6-,7+/m1/s1. The van der Waals surface area contributed by atoms with E-state index in [1.165, 1.54) is 12.4 Å². The molecule has 2 N–H and O–H groups in total. The molecule has 6 nitrogen and oxygen atoms in total. The van der Waals surface area contributed by atoms with Crippen LogP contribution in [0.1, 0.15) is 29.8 Å². The number of aliphatic carboxylic acids is 1. The van der Waals surface area contributed by atoms with Crippen molar-refractivity contribution in [1.29, 1.82) is 0 Å². The van der Waals surface area contributed by atoms with E-state index in [0.717, 1.165) is 0 Å². The van der Waals surface area contributed by atoms with Crippen molar-refractivity contribution in [2.45, 2.75) is 25.3 Å². The summed E-state index contributed by atoms with van der Waals surface area (Å²) in [7, 11) is 0. The Morgan fingerprint density at radius 3 is 2.67 bits per heavy atom. The van der Waals surface area contributed by atoms with Gasteiger partial charge in [0.25, 0.3) is 5.91 Å². The van der Waals surface area contributed by atoms with Crippen LogP contribution in [0.4, 0.5) is 0 Å². The maximum Gasteiger partial charge on any atom is 0.306 e. The van der Waals surface area contributed by atoms with E-state index in [1.54, 1.807) is 0 Å². The largest absolute Gasteiger partial charge is 0.481 e. The van der Waals surface area contributed by atoms with Gasteiger partial charge in [-0.2, -0.15) is 0 Å². The van der Waals surface area contributed by atoms with Crippen molar-refractivity contribution in [2.75, 3.05) is 0 Å². The van der Waals surface area contributed by atoms with Crippen LogP contribution in [0.25, 0.3) is 0 Å². The van der Waals surface area contributed by atoms with Gasteiger partial charge < -0.3 is 10.4 Å². The molecule has 1 heterocycles. The van der Waals surface area contributed by atoms with E-state index in [4.69, 9.17) is 16.7 Å². The lowest BCUT2D eigenvalue weighted by Gasteiger charge is -2.11. The summed E-state index contributed by atoms with van der Waals surface area (Å²) in [6, 6.07) is -0.115. The maximum absolute atomic E-state index is 11.8. The Kier molecular flexibility index (Phi) is 3.76. The molecule has 7 heteroatoms. The second-order valence-electron chi connectivity index (χ2n) is 4.24. The molecular formula is C11H12ClN3O3. The summed E-state index contributed by atoms with van der Waals surface area (Å²) >= 11 is 5.57. The van der Waals surface area contributed by atoms with Crippen LogP contribution in [0.2, 0.25) is 5.15 Å². The zero-order valence-electron chi connectivity index (χ0n) is 9.47. The number of nitrogens with one attached hydrogen (secondary N) is 1. The van der Waals surface area contributed by atoms with E-state index in [9.17, 15) is 9.59 Å². The number of halogens is 1. The SMILES string of the molecule is O=C(N[C@H]1CC[C@@H](C(=O)O)C1)c1cnc(Cl)cn1. The second kappa shape index (κ2) is 5.30. The molecule has 1 saturated carbocycles. The fourth-order valence-electron chi connectivity index (χ4n) is 2.03. The molecule has 1 amide bonds. The molecule has 1 aliphatic rings. The molecule has 2 atom stereocenters. The first-order valence-electron chi connectivity index (χ1n) is 5.57. The van der Waals surface area contributed by atoms with Gasteiger partial charge in [-0.25, -0.2) is 9.97 Å². The summed E-state index contributed by atoms with van der Waals surface area (Å²) in [4.78, 5) is 30.2. The summed E-state index contributed by atoms with van der Waals surface area (Å²) < 4.78 is 0. The molecule has 1 fully saturated rings. The van der Waals surface area contributed by atoms with Gasteiger partial charge in [0.15, 0.2) is 0 Å². The summed E-state index contributed by atoms with van der Waals surface area (Å²) in [5.41, 5.74) is 0.179. The predicted molar refractivity (Wildman–Crippen MR) is 63.3 cm³/mol. The molecule has 0 bridgehead atoms. The molecule has 1 aromatic heterocycles. The van der Waals surface area contributed by atoms with Crippen LogP contribution in [0, 0.1) is 5.92 Å². The first-order chi connectivity index (χ1) is 8.56. The minimum atomic E-state index is -0.807. The van der Waals surface area contributed by atoms with Crippen LogP contribution in [0.5, 0.6) is 0 Å². The Morgan fingerprint density at radius 1 is 1.33 bits per heavy atom. The molecule has 1 aromatic rings. The van der Waals surface area contributed by atoms with Crippen molar-refractivity contribution in [2.24, 2.45) is 5.92 Å². The third-order valence-electron chi connectivity index (χ3n) is 2.97. The van der Waals surface area contributed by atoms with Gasteiger partial charge in [-0.05, 0) is 19.3 Å². The molecule has 0 radical (unpaired) electrons. The lowest BCUT2D eigenvalue weighted by Crippen LogP contribution is -2.33.